The third kappa shape index (κ3) is 2.99. The van der Waals surface area contributed by atoms with E-state index in [0.29, 0.717) is 22.3 Å². The van der Waals surface area contributed by atoms with Gasteiger partial charge in [-0.15, -0.1) is 0 Å². The maximum absolute atomic E-state index is 11.8. The Morgan fingerprint density at radius 1 is 1.30 bits per heavy atom. The van der Waals surface area contributed by atoms with Gasteiger partial charge in [-0.1, -0.05) is 29.5 Å². The molecule has 1 aromatic heterocycles. The van der Waals surface area contributed by atoms with Crippen molar-refractivity contribution in [2.75, 3.05) is 11.9 Å². The van der Waals surface area contributed by atoms with Crippen LogP contribution in [0.5, 0.6) is 0 Å². The van der Waals surface area contributed by atoms with E-state index in [2.05, 4.69) is 10.3 Å². The third-order valence-corrected chi connectivity index (χ3v) is 4.02. The van der Waals surface area contributed by atoms with E-state index in [4.69, 9.17) is 4.74 Å². The van der Waals surface area contributed by atoms with Crippen LogP contribution in [0.4, 0.5) is 10.8 Å². The summed E-state index contributed by atoms with van der Waals surface area (Å²) in [6.45, 7) is 8.07. The second-order valence-corrected chi connectivity index (χ2v) is 5.54. The van der Waals surface area contributed by atoms with Crippen LogP contribution in [0.15, 0.2) is 18.2 Å². The summed E-state index contributed by atoms with van der Waals surface area (Å²) >= 11 is 1.32. The Balaban J connectivity index is 2.27. The molecule has 0 atom stereocenters. The monoisotopic (exact) mass is 290 g/mol. The molecule has 0 aliphatic carbocycles. The molecule has 2 rings (SSSR count). The number of thiazole rings is 1. The van der Waals surface area contributed by atoms with Crippen molar-refractivity contribution in [1.29, 1.82) is 0 Å². The first-order chi connectivity index (χ1) is 9.52. The van der Waals surface area contributed by atoms with Crippen molar-refractivity contribution >= 4 is 28.1 Å². The average Bonchev–Trinajstić information content (AvgIpc) is 2.75. The highest BCUT2D eigenvalue weighted by Crippen LogP contribution is 2.29. The van der Waals surface area contributed by atoms with Gasteiger partial charge in [-0.05, 0) is 38.8 Å². The molecule has 0 radical (unpaired) electrons. The van der Waals surface area contributed by atoms with Crippen LogP contribution in [-0.4, -0.2) is 17.6 Å². The van der Waals surface area contributed by atoms with Gasteiger partial charge in [-0.2, -0.15) is 0 Å². The van der Waals surface area contributed by atoms with Gasteiger partial charge in [-0.25, -0.2) is 9.78 Å². The SMILES string of the molecule is CCOC(=O)c1sc(Nc2c(C)cccc2C)nc1C. The summed E-state index contributed by atoms with van der Waals surface area (Å²) in [5, 5.41) is 4.01. The molecule has 0 aliphatic heterocycles. The number of carbonyl (C=O) groups excluding carboxylic acids is 1. The first kappa shape index (κ1) is 14.5. The molecule has 0 bridgehead atoms. The van der Waals surface area contributed by atoms with Crippen molar-refractivity contribution in [3.05, 3.63) is 39.9 Å². The van der Waals surface area contributed by atoms with E-state index >= 15 is 0 Å². The second-order valence-electron chi connectivity index (χ2n) is 4.55. The van der Waals surface area contributed by atoms with E-state index < -0.39 is 0 Å². The molecule has 20 heavy (non-hydrogen) atoms. The topological polar surface area (TPSA) is 51.2 Å². The summed E-state index contributed by atoms with van der Waals surface area (Å²) in [5.74, 6) is -0.308. The zero-order valence-corrected chi connectivity index (χ0v) is 12.9. The van der Waals surface area contributed by atoms with Crippen LogP contribution >= 0.6 is 11.3 Å². The number of benzene rings is 1. The average molecular weight is 290 g/mol. The highest BCUT2D eigenvalue weighted by atomic mass is 32.1. The third-order valence-electron chi connectivity index (χ3n) is 2.97. The number of hydrogen-bond donors (Lipinski definition) is 1. The fourth-order valence-corrected chi connectivity index (χ4v) is 2.82. The number of aromatic nitrogens is 1. The molecule has 1 aromatic carbocycles. The lowest BCUT2D eigenvalue weighted by Gasteiger charge is -2.09. The lowest BCUT2D eigenvalue weighted by atomic mass is 10.1. The summed E-state index contributed by atoms with van der Waals surface area (Å²) in [5.41, 5.74) is 4.03. The van der Waals surface area contributed by atoms with Crippen molar-refractivity contribution < 1.29 is 9.53 Å². The maximum atomic E-state index is 11.8. The van der Waals surface area contributed by atoms with Crippen LogP contribution in [0.25, 0.3) is 0 Å². The van der Waals surface area contributed by atoms with Gasteiger partial charge in [0.15, 0.2) is 5.13 Å². The van der Waals surface area contributed by atoms with Crippen LogP contribution in [0.2, 0.25) is 0 Å². The number of carbonyl (C=O) groups is 1. The van der Waals surface area contributed by atoms with Gasteiger partial charge in [0, 0.05) is 5.69 Å². The van der Waals surface area contributed by atoms with Crippen molar-refractivity contribution in [2.24, 2.45) is 0 Å². The lowest BCUT2D eigenvalue weighted by Crippen LogP contribution is -2.03. The number of para-hydroxylation sites is 1. The van der Waals surface area contributed by atoms with Crippen LogP contribution in [-0.2, 0) is 4.74 Å². The van der Waals surface area contributed by atoms with Gasteiger partial charge in [0.2, 0.25) is 0 Å². The molecule has 2 aromatic rings. The molecular weight excluding hydrogens is 272 g/mol. The zero-order valence-electron chi connectivity index (χ0n) is 12.1. The fourth-order valence-electron chi connectivity index (χ4n) is 1.95. The summed E-state index contributed by atoms with van der Waals surface area (Å²) in [6.07, 6.45) is 0. The Bertz CT molecular complexity index is 615. The van der Waals surface area contributed by atoms with E-state index in [1.165, 1.54) is 11.3 Å². The number of nitrogens with one attached hydrogen (secondary N) is 1. The number of rotatable bonds is 4. The van der Waals surface area contributed by atoms with Crippen LogP contribution in [0, 0.1) is 20.8 Å². The van der Waals surface area contributed by atoms with E-state index in [1.54, 1.807) is 6.92 Å². The molecule has 1 heterocycles. The Morgan fingerprint density at radius 3 is 2.55 bits per heavy atom. The van der Waals surface area contributed by atoms with Crippen molar-refractivity contribution in [3.63, 3.8) is 0 Å². The number of ether oxygens (including phenoxy) is 1. The van der Waals surface area contributed by atoms with Gasteiger partial charge in [-0.3, -0.25) is 0 Å². The Labute approximate surface area is 122 Å². The number of aryl methyl sites for hydroxylation is 3. The molecule has 0 saturated carbocycles. The minimum atomic E-state index is -0.308. The number of anilines is 2. The Kier molecular flexibility index (Phi) is 4.39. The van der Waals surface area contributed by atoms with Gasteiger partial charge in [0.05, 0.1) is 12.3 Å². The van der Waals surface area contributed by atoms with Crippen LogP contribution in [0.3, 0.4) is 0 Å². The lowest BCUT2D eigenvalue weighted by molar-refractivity contribution is 0.0531. The van der Waals surface area contributed by atoms with Crippen LogP contribution in [0.1, 0.15) is 33.4 Å². The van der Waals surface area contributed by atoms with Crippen LogP contribution < -0.4 is 5.32 Å². The predicted molar refractivity (Wildman–Crippen MR) is 82.0 cm³/mol. The Morgan fingerprint density at radius 2 is 1.95 bits per heavy atom. The molecule has 5 heteroatoms. The highest BCUT2D eigenvalue weighted by Gasteiger charge is 2.17. The minimum absolute atomic E-state index is 0.308. The molecule has 0 unspecified atom stereocenters. The minimum Gasteiger partial charge on any atom is -0.462 e. The quantitative estimate of drug-likeness (QED) is 0.865. The van der Waals surface area contributed by atoms with E-state index in [-0.39, 0.29) is 5.97 Å². The first-order valence-electron chi connectivity index (χ1n) is 6.50. The summed E-state index contributed by atoms with van der Waals surface area (Å²) in [7, 11) is 0. The van der Waals surface area contributed by atoms with Gasteiger partial charge >= 0.3 is 5.97 Å². The normalized spacial score (nSPS) is 10.4. The number of hydrogen-bond acceptors (Lipinski definition) is 5. The fraction of sp³-hybridized carbons (Fsp3) is 0.333. The standard InChI is InChI=1S/C15H18N2O2S/c1-5-19-14(18)13-11(4)16-15(20-13)17-12-9(2)7-6-8-10(12)3/h6-8H,5H2,1-4H3,(H,16,17). The van der Waals surface area contributed by atoms with Gasteiger partial charge in [0.1, 0.15) is 4.88 Å². The molecule has 0 fully saturated rings. The first-order valence-corrected chi connectivity index (χ1v) is 7.32. The molecule has 0 amide bonds. The van der Waals surface area contributed by atoms with E-state index in [0.717, 1.165) is 16.8 Å². The van der Waals surface area contributed by atoms with Crippen molar-refractivity contribution in [3.8, 4) is 0 Å². The van der Waals surface area contributed by atoms with Crippen molar-refractivity contribution in [1.82, 2.24) is 4.98 Å². The summed E-state index contributed by atoms with van der Waals surface area (Å²) in [4.78, 5) is 16.7. The molecule has 4 nitrogen and oxygen atoms in total. The summed E-state index contributed by atoms with van der Waals surface area (Å²) in [6, 6.07) is 6.11. The molecule has 1 N–H and O–H groups in total. The molecule has 106 valence electrons. The highest BCUT2D eigenvalue weighted by molar-refractivity contribution is 7.17. The summed E-state index contributed by atoms with van der Waals surface area (Å²) < 4.78 is 5.02. The zero-order chi connectivity index (χ0) is 14.7. The molecule has 0 saturated heterocycles. The van der Waals surface area contributed by atoms with E-state index in [9.17, 15) is 4.79 Å². The van der Waals surface area contributed by atoms with Crippen molar-refractivity contribution in [2.45, 2.75) is 27.7 Å². The smallest absolute Gasteiger partial charge is 0.350 e. The molecule has 0 aliphatic rings. The number of esters is 1. The predicted octanol–water partition coefficient (Wildman–Crippen LogP) is 3.99. The molecular formula is C15H18N2O2S. The number of nitrogens with zero attached hydrogens (tertiary/aromatic N) is 1. The largest absolute Gasteiger partial charge is 0.462 e. The second kappa shape index (κ2) is 6.05. The Hall–Kier alpha value is -1.88. The molecule has 0 spiro atoms. The van der Waals surface area contributed by atoms with Gasteiger partial charge < -0.3 is 10.1 Å². The van der Waals surface area contributed by atoms with E-state index in [1.807, 2.05) is 39.0 Å². The van der Waals surface area contributed by atoms with Gasteiger partial charge in [0.25, 0.3) is 0 Å². The maximum Gasteiger partial charge on any atom is 0.350 e.